The van der Waals surface area contributed by atoms with Crippen LogP contribution in [0.2, 0.25) is 0 Å². The number of amides is 3. The minimum absolute atomic E-state index is 0.0344. The molecule has 0 atom stereocenters. The molecule has 1 aromatic carbocycles. The van der Waals surface area contributed by atoms with Gasteiger partial charge >= 0.3 is 11.7 Å². The number of nitrogens with one attached hydrogen (secondary N) is 1. The van der Waals surface area contributed by atoms with Gasteiger partial charge in [0.25, 0.3) is 5.56 Å². The standard InChI is InChI=1S/C24H28BrN5O5/c1-16(35-2)13-30-22(32)19(25)14-28(24(30)34)15-21(31)27-10-8-18(9-11-27)29-12-7-17-5-3-4-6-20(17)26-23(29)33/h3-6,14,18H,1,7-13,15H2,2H3,(H,26,33). The second kappa shape index (κ2) is 10.5. The first-order chi connectivity index (χ1) is 16.8. The zero-order chi connectivity index (χ0) is 25.1. The molecule has 1 N–H and O–H groups in total. The van der Waals surface area contributed by atoms with Crippen molar-refractivity contribution in [1.82, 2.24) is 18.9 Å². The topological polar surface area (TPSA) is 106 Å². The average molecular weight is 546 g/mol. The fourth-order valence-corrected chi connectivity index (χ4v) is 4.98. The van der Waals surface area contributed by atoms with Crippen molar-refractivity contribution < 1.29 is 14.3 Å². The Balaban J connectivity index is 1.39. The van der Waals surface area contributed by atoms with Crippen LogP contribution in [0.15, 0.2) is 56.9 Å². The molecule has 2 aromatic rings. The molecule has 3 heterocycles. The second-order valence-electron chi connectivity index (χ2n) is 8.66. The Kier molecular flexibility index (Phi) is 7.44. The maximum atomic E-state index is 13.0. The van der Waals surface area contributed by atoms with Crippen molar-refractivity contribution >= 4 is 33.6 Å². The van der Waals surface area contributed by atoms with E-state index in [1.165, 1.54) is 17.9 Å². The molecule has 186 valence electrons. The summed E-state index contributed by atoms with van der Waals surface area (Å²) in [5.74, 6) is 0.0313. The maximum absolute atomic E-state index is 13.0. The van der Waals surface area contributed by atoms with Crippen molar-refractivity contribution in [2.75, 3.05) is 32.1 Å². The molecule has 0 saturated carbocycles. The van der Waals surface area contributed by atoms with Crippen LogP contribution in [0.1, 0.15) is 18.4 Å². The van der Waals surface area contributed by atoms with E-state index in [1.807, 2.05) is 29.2 Å². The van der Waals surface area contributed by atoms with E-state index in [0.29, 0.717) is 32.5 Å². The average Bonchev–Trinajstić information content (AvgIpc) is 3.03. The molecule has 1 saturated heterocycles. The van der Waals surface area contributed by atoms with Crippen LogP contribution in [-0.2, 0) is 29.0 Å². The highest BCUT2D eigenvalue weighted by molar-refractivity contribution is 9.10. The molecule has 1 fully saturated rings. The molecule has 2 aliphatic heterocycles. The first kappa shape index (κ1) is 24.8. The lowest BCUT2D eigenvalue weighted by molar-refractivity contribution is -0.133. The van der Waals surface area contributed by atoms with Crippen LogP contribution >= 0.6 is 15.9 Å². The third-order valence-corrected chi connectivity index (χ3v) is 7.07. The predicted molar refractivity (Wildman–Crippen MR) is 134 cm³/mol. The van der Waals surface area contributed by atoms with E-state index >= 15 is 0 Å². The first-order valence-electron chi connectivity index (χ1n) is 11.4. The van der Waals surface area contributed by atoms with E-state index in [4.69, 9.17) is 4.74 Å². The summed E-state index contributed by atoms with van der Waals surface area (Å²) in [5.41, 5.74) is 0.832. The smallest absolute Gasteiger partial charge is 0.331 e. The lowest BCUT2D eigenvalue weighted by Crippen LogP contribution is -2.51. The number of allylic oxidation sites excluding steroid dienone is 1. The number of halogens is 1. The maximum Gasteiger partial charge on any atom is 0.331 e. The zero-order valence-corrected chi connectivity index (χ0v) is 21.1. The number of rotatable bonds is 6. The van der Waals surface area contributed by atoms with Crippen molar-refractivity contribution in [2.45, 2.75) is 38.4 Å². The van der Waals surface area contributed by atoms with E-state index < -0.39 is 11.2 Å². The Morgan fingerprint density at radius 2 is 1.86 bits per heavy atom. The molecule has 2 aliphatic rings. The fraction of sp³-hybridized carbons (Fsp3) is 0.417. The lowest BCUT2D eigenvalue weighted by Gasteiger charge is -2.38. The van der Waals surface area contributed by atoms with Crippen molar-refractivity contribution in [3.8, 4) is 0 Å². The molecule has 11 heteroatoms. The highest BCUT2D eigenvalue weighted by Crippen LogP contribution is 2.24. The minimum atomic E-state index is -0.611. The molecule has 0 aliphatic carbocycles. The van der Waals surface area contributed by atoms with E-state index in [9.17, 15) is 19.2 Å². The van der Waals surface area contributed by atoms with E-state index in [2.05, 4.69) is 27.8 Å². The molecule has 4 rings (SSSR count). The number of para-hydroxylation sites is 1. The molecule has 3 amide bonds. The Morgan fingerprint density at radius 3 is 2.57 bits per heavy atom. The van der Waals surface area contributed by atoms with Gasteiger partial charge in [-0.2, -0.15) is 0 Å². The van der Waals surface area contributed by atoms with Gasteiger partial charge in [0.15, 0.2) is 0 Å². The zero-order valence-electron chi connectivity index (χ0n) is 19.5. The van der Waals surface area contributed by atoms with E-state index in [1.54, 1.807) is 4.90 Å². The Bertz CT molecular complexity index is 1260. The number of aromatic nitrogens is 2. The van der Waals surface area contributed by atoms with Crippen molar-refractivity contribution in [3.63, 3.8) is 0 Å². The van der Waals surface area contributed by atoms with Crippen LogP contribution < -0.4 is 16.6 Å². The number of piperidine rings is 1. The van der Waals surface area contributed by atoms with Crippen molar-refractivity contribution in [3.05, 3.63) is 73.7 Å². The van der Waals surface area contributed by atoms with Crippen molar-refractivity contribution in [2.24, 2.45) is 0 Å². The van der Waals surface area contributed by atoms with E-state index in [-0.39, 0.29) is 41.3 Å². The number of carbonyl (C=O) groups excluding carboxylic acids is 2. The summed E-state index contributed by atoms with van der Waals surface area (Å²) >= 11 is 3.17. The van der Waals surface area contributed by atoms with Gasteiger partial charge in [0.1, 0.15) is 12.3 Å². The Labute approximate surface area is 210 Å². The summed E-state index contributed by atoms with van der Waals surface area (Å²) in [6.45, 7) is 4.95. The normalized spacial score (nSPS) is 16.3. The molecule has 0 spiro atoms. The summed E-state index contributed by atoms with van der Waals surface area (Å²) in [4.78, 5) is 54.5. The summed E-state index contributed by atoms with van der Waals surface area (Å²) in [6, 6.07) is 7.72. The Morgan fingerprint density at radius 1 is 1.14 bits per heavy atom. The van der Waals surface area contributed by atoms with Gasteiger partial charge in [-0.15, -0.1) is 0 Å². The number of urea groups is 1. The van der Waals surface area contributed by atoms with Gasteiger partial charge in [-0.25, -0.2) is 9.59 Å². The number of nitrogens with zero attached hydrogens (tertiary/aromatic N) is 4. The molecule has 1 aromatic heterocycles. The van der Waals surface area contributed by atoms with Gasteiger partial charge in [-0.1, -0.05) is 24.8 Å². The number of hydrogen-bond donors (Lipinski definition) is 1. The largest absolute Gasteiger partial charge is 0.500 e. The number of anilines is 1. The molecule has 35 heavy (non-hydrogen) atoms. The monoisotopic (exact) mass is 545 g/mol. The second-order valence-corrected chi connectivity index (χ2v) is 9.52. The molecule has 0 bridgehead atoms. The molecular weight excluding hydrogens is 518 g/mol. The van der Waals surface area contributed by atoms with Crippen molar-refractivity contribution in [1.29, 1.82) is 0 Å². The number of carbonyl (C=O) groups is 2. The summed E-state index contributed by atoms with van der Waals surface area (Å²) in [6.07, 6.45) is 3.42. The van der Waals surface area contributed by atoms with Crippen LogP contribution in [0.3, 0.4) is 0 Å². The SMILES string of the molecule is C=C(Cn1c(=O)c(Br)cn(CC(=O)N2CCC(N3CCc4ccccc4NC3=O)CC2)c1=O)OC. The van der Waals surface area contributed by atoms with Gasteiger partial charge < -0.3 is 19.9 Å². The highest BCUT2D eigenvalue weighted by atomic mass is 79.9. The fourth-order valence-electron chi connectivity index (χ4n) is 4.52. The van der Waals surface area contributed by atoms with E-state index in [0.717, 1.165) is 22.2 Å². The van der Waals surface area contributed by atoms with Crippen LogP contribution in [-0.4, -0.2) is 63.7 Å². The molecule has 0 unspecified atom stereocenters. The quantitative estimate of drug-likeness (QED) is 0.559. The summed E-state index contributed by atoms with van der Waals surface area (Å²) < 4.78 is 7.34. The number of ether oxygens (including phenoxy) is 1. The summed E-state index contributed by atoms with van der Waals surface area (Å²) in [7, 11) is 1.41. The lowest BCUT2D eigenvalue weighted by atomic mass is 10.0. The predicted octanol–water partition coefficient (Wildman–Crippen LogP) is 2.01. The Hall–Kier alpha value is -3.34. The van der Waals surface area contributed by atoms with Crippen LogP contribution in [0, 0.1) is 0 Å². The van der Waals surface area contributed by atoms with Gasteiger partial charge in [-0.3, -0.25) is 18.7 Å². The number of fused-ring (bicyclic) bond motifs is 1. The first-order valence-corrected chi connectivity index (χ1v) is 12.2. The van der Waals surface area contributed by atoms with Gasteiger partial charge in [0.2, 0.25) is 5.91 Å². The number of methoxy groups -OCH3 is 1. The minimum Gasteiger partial charge on any atom is -0.500 e. The van der Waals surface area contributed by atoms with Crippen LogP contribution in [0.25, 0.3) is 0 Å². The number of likely N-dealkylation sites (tertiary alicyclic amines) is 1. The summed E-state index contributed by atoms with van der Waals surface area (Å²) in [5, 5.41) is 3.00. The highest BCUT2D eigenvalue weighted by Gasteiger charge is 2.31. The number of hydrogen-bond acceptors (Lipinski definition) is 5. The number of benzene rings is 1. The van der Waals surface area contributed by atoms with Crippen LogP contribution in [0.5, 0.6) is 0 Å². The van der Waals surface area contributed by atoms with Gasteiger partial charge in [0, 0.05) is 37.6 Å². The third-order valence-electron chi connectivity index (χ3n) is 6.52. The molecule has 10 nitrogen and oxygen atoms in total. The van der Waals surface area contributed by atoms with Crippen LogP contribution in [0.4, 0.5) is 10.5 Å². The molecular formula is C24H28BrN5O5. The van der Waals surface area contributed by atoms with Gasteiger partial charge in [0.05, 0.1) is 18.1 Å². The van der Waals surface area contributed by atoms with Gasteiger partial charge in [-0.05, 0) is 46.8 Å². The third kappa shape index (κ3) is 5.34. The molecule has 0 radical (unpaired) electrons.